The first-order valence-corrected chi connectivity index (χ1v) is 21.2. The number of likely N-dealkylation sites (tertiary alicyclic amines) is 1. The number of carbonyl (C=O) groups excluding carboxylic acids is 4. The van der Waals surface area contributed by atoms with Gasteiger partial charge in [0.2, 0.25) is 0 Å². The molecule has 0 aromatic rings. The molecule has 1 rings (SSSR count). The Morgan fingerprint density at radius 3 is 1.43 bits per heavy atom. The predicted molar refractivity (Wildman–Crippen MR) is 204 cm³/mol. The minimum absolute atomic E-state index is 0.00620. The van der Waals surface area contributed by atoms with Gasteiger partial charge < -0.3 is 23.8 Å². The van der Waals surface area contributed by atoms with Gasteiger partial charge in [-0.15, -0.1) is 0 Å². The van der Waals surface area contributed by atoms with Crippen molar-refractivity contribution >= 4 is 23.9 Å². The van der Waals surface area contributed by atoms with E-state index in [9.17, 15) is 19.2 Å². The Hall–Kier alpha value is -2.16. The Balaban J connectivity index is 2.50. The van der Waals surface area contributed by atoms with E-state index in [1.165, 1.54) is 70.6 Å². The largest absolute Gasteiger partial charge is 0.466 e. The first-order chi connectivity index (χ1) is 24.9. The van der Waals surface area contributed by atoms with E-state index in [1.807, 2.05) is 0 Å². The molecular formula is C42H77NO8. The van der Waals surface area contributed by atoms with Crippen LogP contribution in [0.1, 0.15) is 188 Å². The van der Waals surface area contributed by atoms with Gasteiger partial charge in [-0.2, -0.15) is 0 Å². The van der Waals surface area contributed by atoms with Crippen molar-refractivity contribution in [1.29, 1.82) is 0 Å². The number of ether oxygens (including phenoxy) is 4. The number of hydrogen-bond donors (Lipinski definition) is 0. The SMILES string of the molecule is CCCCCCCCCOC(=O)CCCCC(=O)OCC(COC(=O)CCCN1CCC1)COC(=O)C(CCCCCC)CCCCCCCC. The molecular weight excluding hydrogens is 646 g/mol. The number of rotatable bonds is 36. The van der Waals surface area contributed by atoms with Crippen LogP contribution in [0.15, 0.2) is 0 Å². The van der Waals surface area contributed by atoms with E-state index in [2.05, 4.69) is 25.7 Å². The van der Waals surface area contributed by atoms with Gasteiger partial charge >= 0.3 is 23.9 Å². The lowest BCUT2D eigenvalue weighted by atomic mass is 9.94. The lowest BCUT2D eigenvalue weighted by molar-refractivity contribution is -0.156. The van der Waals surface area contributed by atoms with Gasteiger partial charge in [0.15, 0.2) is 0 Å². The first kappa shape index (κ1) is 46.9. The molecule has 0 saturated carbocycles. The molecule has 0 aliphatic carbocycles. The van der Waals surface area contributed by atoms with Gasteiger partial charge in [-0.05, 0) is 64.6 Å². The summed E-state index contributed by atoms with van der Waals surface area (Å²) in [6, 6.07) is 0. The number of esters is 4. The molecule has 9 heteroatoms. The molecule has 1 aliphatic rings. The number of nitrogens with zero attached hydrogens (tertiary/aromatic N) is 1. The second kappa shape index (κ2) is 33.7. The quantitative estimate of drug-likeness (QED) is 0.0355. The molecule has 2 atom stereocenters. The first-order valence-electron chi connectivity index (χ1n) is 21.2. The summed E-state index contributed by atoms with van der Waals surface area (Å²) in [6.45, 7) is 10.2. The van der Waals surface area contributed by atoms with Crippen molar-refractivity contribution in [3.63, 3.8) is 0 Å². The normalized spacial score (nSPS) is 14.0. The Morgan fingerprint density at radius 1 is 0.490 bits per heavy atom. The van der Waals surface area contributed by atoms with Gasteiger partial charge in [0, 0.05) is 19.3 Å². The van der Waals surface area contributed by atoms with Crippen LogP contribution >= 0.6 is 0 Å². The van der Waals surface area contributed by atoms with E-state index in [-0.39, 0.29) is 62.5 Å². The second-order valence-corrected chi connectivity index (χ2v) is 14.8. The van der Waals surface area contributed by atoms with Crippen LogP contribution in [-0.4, -0.2) is 74.8 Å². The summed E-state index contributed by atoms with van der Waals surface area (Å²) < 4.78 is 22.3. The monoisotopic (exact) mass is 724 g/mol. The van der Waals surface area contributed by atoms with Crippen molar-refractivity contribution in [1.82, 2.24) is 4.90 Å². The van der Waals surface area contributed by atoms with Crippen LogP contribution in [0.5, 0.6) is 0 Å². The van der Waals surface area contributed by atoms with E-state index in [1.54, 1.807) is 0 Å². The average molecular weight is 724 g/mol. The minimum Gasteiger partial charge on any atom is -0.466 e. The van der Waals surface area contributed by atoms with Gasteiger partial charge in [0.1, 0.15) is 19.8 Å². The van der Waals surface area contributed by atoms with Gasteiger partial charge in [0.05, 0.1) is 18.4 Å². The molecule has 0 aromatic heterocycles. The van der Waals surface area contributed by atoms with Crippen LogP contribution in [0.4, 0.5) is 0 Å². The van der Waals surface area contributed by atoms with Crippen molar-refractivity contribution in [3.8, 4) is 0 Å². The maximum absolute atomic E-state index is 13.3. The van der Waals surface area contributed by atoms with Crippen LogP contribution in [0, 0.1) is 11.8 Å². The third kappa shape index (κ3) is 28.1. The maximum Gasteiger partial charge on any atom is 0.308 e. The smallest absolute Gasteiger partial charge is 0.308 e. The standard InChI is InChI=1S/C42H77NO8/c1-4-7-10-13-15-17-22-33-48-39(44)27-20-21-28-40(45)49-34-37(35-50-41(46)29-23-30-43-31-24-32-43)36-51-42(47)38(25-18-12-9-6-3)26-19-16-14-11-8-5-2/h37-38H,4-36H2,1-3H3. The molecule has 9 nitrogen and oxygen atoms in total. The highest BCUT2D eigenvalue weighted by Crippen LogP contribution is 2.21. The zero-order valence-electron chi connectivity index (χ0n) is 33.2. The molecule has 2 unspecified atom stereocenters. The second-order valence-electron chi connectivity index (χ2n) is 14.8. The molecule has 1 heterocycles. The molecule has 0 N–H and O–H groups in total. The molecule has 0 bridgehead atoms. The fraction of sp³-hybridized carbons (Fsp3) is 0.905. The van der Waals surface area contributed by atoms with Crippen LogP contribution in [0.3, 0.4) is 0 Å². The van der Waals surface area contributed by atoms with Gasteiger partial charge in [-0.1, -0.05) is 124 Å². The molecule has 298 valence electrons. The zero-order chi connectivity index (χ0) is 37.2. The molecule has 0 radical (unpaired) electrons. The van der Waals surface area contributed by atoms with Gasteiger partial charge in [-0.25, -0.2) is 0 Å². The molecule has 1 aliphatic heterocycles. The average Bonchev–Trinajstić information content (AvgIpc) is 3.10. The summed E-state index contributed by atoms with van der Waals surface area (Å²) in [7, 11) is 0. The Morgan fingerprint density at radius 2 is 0.922 bits per heavy atom. The zero-order valence-corrected chi connectivity index (χ0v) is 33.2. The molecule has 0 spiro atoms. The van der Waals surface area contributed by atoms with E-state index < -0.39 is 5.92 Å². The fourth-order valence-electron chi connectivity index (χ4n) is 6.31. The van der Waals surface area contributed by atoms with E-state index in [0.29, 0.717) is 25.9 Å². The van der Waals surface area contributed by atoms with E-state index in [0.717, 1.165) is 83.8 Å². The van der Waals surface area contributed by atoms with Crippen molar-refractivity contribution in [2.45, 2.75) is 188 Å². The summed E-state index contributed by atoms with van der Waals surface area (Å²) in [5.74, 6) is -1.65. The fourth-order valence-corrected chi connectivity index (χ4v) is 6.31. The van der Waals surface area contributed by atoms with Crippen LogP contribution in [0.2, 0.25) is 0 Å². The lowest BCUT2D eigenvalue weighted by Crippen LogP contribution is -2.37. The number of hydrogen-bond acceptors (Lipinski definition) is 9. The molecule has 1 fully saturated rings. The van der Waals surface area contributed by atoms with Gasteiger partial charge in [0.25, 0.3) is 0 Å². The van der Waals surface area contributed by atoms with Crippen LogP contribution in [-0.2, 0) is 38.1 Å². The Labute approximate surface area is 312 Å². The summed E-state index contributed by atoms with van der Waals surface area (Å²) in [5, 5.41) is 0. The minimum atomic E-state index is -0.436. The van der Waals surface area contributed by atoms with Gasteiger partial charge in [-0.3, -0.25) is 19.2 Å². The predicted octanol–water partition coefficient (Wildman–Crippen LogP) is 9.91. The molecule has 0 amide bonds. The molecule has 0 aromatic carbocycles. The summed E-state index contributed by atoms with van der Waals surface area (Å²) >= 11 is 0. The van der Waals surface area contributed by atoms with Crippen molar-refractivity contribution in [2.75, 3.05) is 46.1 Å². The molecule has 1 saturated heterocycles. The summed E-state index contributed by atoms with van der Waals surface area (Å²) in [4.78, 5) is 52.7. The Bertz CT molecular complexity index is 877. The van der Waals surface area contributed by atoms with E-state index in [4.69, 9.17) is 18.9 Å². The molecule has 51 heavy (non-hydrogen) atoms. The highest BCUT2D eigenvalue weighted by molar-refractivity contribution is 5.72. The van der Waals surface area contributed by atoms with Crippen LogP contribution in [0.25, 0.3) is 0 Å². The van der Waals surface area contributed by atoms with E-state index >= 15 is 0 Å². The topological polar surface area (TPSA) is 108 Å². The van der Waals surface area contributed by atoms with Crippen LogP contribution < -0.4 is 0 Å². The highest BCUT2D eigenvalue weighted by Gasteiger charge is 2.23. The Kier molecular flexibility index (Phi) is 30.9. The summed E-state index contributed by atoms with van der Waals surface area (Å²) in [6.07, 6.45) is 25.2. The summed E-state index contributed by atoms with van der Waals surface area (Å²) in [5.41, 5.74) is 0. The number of carbonyl (C=O) groups is 4. The van der Waals surface area contributed by atoms with Crippen molar-refractivity contribution in [3.05, 3.63) is 0 Å². The lowest BCUT2D eigenvalue weighted by Gasteiger charge is -2.30. The van der Waals surface area contributed by atoms with Crippen molar-refractivity contribution < 1.29 is 38.1 Å². The third-order valence-electron chi connectivity index (χ3n) is 9.89. The third-order valence-corrected chi connectivity index (χ3v) is 9.89. The van der Waals surface area contributed by atoms with Crippen molar-refractivity contribution in [2.24, 2.45) is 11.8 Å². The highest BCUT2D eigenvalue weighted by atomic mass is 16.6. The number of unbranched alkanes of at least 4 members (excludes halogenated alkanes) is 15. The maximum atomic E-state index is 13.3.